The monoisotopic (exact) mass is 244 g/mol. The molecule has 0 spiro atoms. The first-order valence-corrected chi connectivity index (χ1v) is 6.38. The molecule has 0 aliphatic carbocycles. The Morgan fingerprint density at radius 1 is 1.56 bits per heavy atom. The molecule has 1 atom stereocenters. The smallest absolute Gasteiger partial charge is 0.168 e. The predicted octanol–water partition coefficient (Wildman–Crippen LogP) is 1.57. The Morgan fingerprint density at radius 2 is 2.31 bits per heavy atom. The van der Waals surface area contributed by atoms with Crippen LogP contribution in [0, 0.1) is 5.82 Å². The maximum atomic E-state index is 13.8. The maximum absolute atomic E-state index is 13.8. The van der Waals surface area contributed by atoms with Crippen molar-refractivity contribution in [3.63, 3.8) is 0 Å². The average Bonchev–Trinajstić information content (AvgIpc) is 2.31. The normalized spacial score (nSPS) is 12.5. The summed E-state index contributed by atoms with van der Waals surface area (Å²) in [6.45, 7) is 0. The van der Waals surface area contributed by atoms with E-state index in [0.717, 1.165) is 5.75 Å². The molecule has 1 rings (SSSR count). The van der Waals surface area contributed by atoms with Gasteiger partial charge in [0.15, 0.2) is 11.6 Å². The zero-order valence-electron chi connectivity index (χ0n) is 9.50. The number of rotatable bonds is 6. The van der Waals surface area contributed by atoms with Crippen molar-refractivity contribution in [1.82, 2.24) is 5.43 Å². The Labute approximate surface area is 99.5 Å². The topological polar surface area (TPSA) is 47.3 Å². The number of methoxy groups -OCH3 is 1. The molecule has 1 aromatic rings. The molecule has 0 aliphatic heterocycles. The number of hydrogen-bond acceptors (Lipinski definition) is 4. The Morgan fingerprint density at radius 3 is 2.88 bits per heavy atom. The SMILES string of the molecule is COc1cccc(CC(CSC)NN)c1F. The minimum absolute atomic E-state index is 0.0663. The average molecular weight is 244 g/mol. The molecule has 0 saturated heterocycles. The van der Waals surface area contributed by atoms with Crippen molar-refractivity contribution < 1.29 is 9.13 Å². The van der Waals surface area contributed by atoms with Gasteiger partial charge in [0.1, 0.15) is 0 Å². The lowest BCUT2D eigenvalue weighted by molar-refractivity contribution is 0.383. The van der Waals surface area contributed by atoms with Crippen molar-refractivity contribution in [2.45, 2.75) is 12.5 Å². The molecular weight excluding hydrogens is 227 g/mol. The molecule has 0 saturated carbocycles. The molecule has 90 valence electrons. The Balaban J connectivity index is 2.79. The number of hydrazine groups is 1. The van der Waals surface area contributed by atoms with E-state index >= 15 is 0 Å². The summed E-state index contributed by atoms with van der Waals surface area (Å²) >= 11 is 1.67. The van der Waals surface area contributed by atoms with Crippen LogP contribution in [0.2, 0.25) is 0 Å². The molecule has 0 bridgehead atoms. The van der Waals surface area contributed by atoms with E-state index in [-0.39, 0.29) is 17.6 Å². The van der Waals surface area contributed by atoms with E-state index in [1.165, 1.54) is 7.11 Å². The van der Waals surface area contributed by atoms with Crippen LogP contribution in [0.15, 0.2) is 18.2 Å². The first-order chi connectivity index (χ1) is 7.72. The lowest BCUT2D eigenvalue weighted by Crippen LogP contribution is -2.38. The van der Waals surface area contributed by atoms with Gasteiger partial charge >= 0.3 is 0 Å². The third-order valence-corrected chi connectivity index (χ3v) is 3.07. The quantitative estimate of drug-likeness (QED) is 0.589. The van der Waals surface area contributed by atoms with Gasteiger partial charge in [0, 0.05) is 11.8 Å². The minimum atomic E-state index is -0.300. The van der Waals surface area contributed by atoms with Gasteiger partial charge in [-0.05, 0) is 24.3 Å². The molecule has 3 N–H and O–H groups in total. The van der Waals surface area contributed by atoms with Crippen molar-refractivity contribution >= 4 is 11.8 Å². The Kier molecular flexibility index (Phi) is 5.59. The zero-order valence-corrected chi connectivity index (χ0v) is 10.3. The van der Waals surface area contributed by atoms with Gasteiger partial charge in [-0.15, -0.1) is 0 Å². The number of benzene rings is 1. The summed E-state index contributed by atoms with van der Waals surface area (Å²) in [4.78, 5) is 0. The van der Waals surface area contributed by atoms with Crippen LogP contribution >= 0.6 is 11.8 Å². The number of hydrogen-bond donors (Lipinski definition) is 2. The summed E-state index contributed by atoms with van der Waals surface area (Å²) in [6, 6.07) is 5.21. The van der Waals surface area contributed by atoms with Gasteiger partial charge in [0.2, 0.25) is 0 Å². The lowest BCUT2D eigenvalue weighted by atomic mass is 10.1. The highest BCUT2D eigenvalue weighted by molar-refractivity contribution is 7.98. The van der Waals surface area contributed by atoms with Crippen molar-refractivity contribution in [1.29, 1.82) is 0 Å². The molecular formula is C11H17FN2OS. The highest BCUT2D eigenvalue weighted by atomic mass is 32.2. The largest absolute Gasteiger partial charge is 0.494 e. The van der Waals surface area contributed by atoms with E-state index in [0.29, 0.717) is 12.0 Å². The van der Waals surface area contributed by atoms with Crippen molar-refractivity contribution in [2.75, 3.05) is 19.1 Å². The Hall–Kier alpha value is -0.780. The number of ether oxygens (including phenoxy) is 1. The number of nitrogens with two attached hydrogens (primary N) is 1. The van der Waals surface area contributed by atoms with Crippen LogP contribution in [0.4, 0.5) is 4.39 Å². The summed E-state index contributed by atoms with van der Waals surface area (Å²) in [5.74, 6) is 6.23. The van der Waals surface area contributed by atoms with E-state index in [1.54, 1.807) is 30.0 Å². The summed E-state index contributed by atoms with van der Waals surface area (Å²) in [5, 5.41) is 0. The van der Waals surface area contributed by atoms with Crippen LogP contribution in [-0.2, 0) is 6.42 Å². The van der Waals surface area contributed by atoms with E-state index in [2.05, 4.69) is 5.43 Å². The van der Waals surface area contributed by atoms with Gasteiger partial charge < -0.3 is 4.74 Å². The van der Waals surface area contributed by atoms with Gasteiger partial charge in [0.25, 0.3) is 0 Å². The van der Waals surface area contributed by atoms with Crippen LogP contribution in [0.25, 0.3) is 0 Å². The first-order valence-electron chi connectivity index (χ1n) is 4.99. The maximum Gasteiger partial charge on any atom is 0.168 e. The standard InChI is InChI=1S/C11H17FN2OS/c1-15-10-5-3-4-8(11(10)12)6-9(14-13)7-16-2/h3-5,9,14H,6-7,13H2,1-2H3. The highest BCUT2D eigenvalue weighted by Crippen LogP contribution is 2.21. The second-order valence-corrected chi connectivity index (χ2v) is 4.37. The van der Waals surface area contributed by atoms with E-state index in [9.17, 15) is 4.39 Å². The van der Waals surface area contributed by atoms with E-state index in [4.69, 9.17) is 10.6 Å². The molecule has 5 heteroatoms. The fourth-order valence-electron chi connectivity index (χ4n) is 1.50. The third-order valence-electron chi connectivity index (χ3n) is 2.33. The van der Waals surface area contributed by atoms with E-state index in [1.807, 2.05) is 6.26 Å². The Bertz CT molecular complexity index is 336. The summed E-state index contributed by atoms with van der Waals surface area (Å²) in [6.07, 6.45) is 2.55. The van der Waals surface area contributed by atoms with Gasteiger partial charge in [-0.1, -0.05) is 12.1 Å². The van der Waals surface area contributed by atoms with Crippen molar-refractivity contribution in [2.24, 2.45) is 5.84 Å². The van der Waals surface area contributed by atoms with Gasteiger partial charge in [-0.3, -0.25) is 11.3 Å². The van der Waals surface area contributed by atoms with Gasteiger partial charge in [0.05, 0.1) is 7.11 Å². The predicted molar refractivity (Wildman–Crippen MR) is 66.1 cm³/mol. The van der Waals surface area contributed by atoms with Gasteiger partial charge in [-0.25, -0.2) is 4.39 Å². The molecule has 3 nitrogen and oxygen atoms in total. The molecule has 1 aromatic carbocycles. The molecule has 0 fully saturated rings. The van der Waals surface area contributed by atoms with Crippen LogP contribution < -0.4 is 16.0 Å². The molecule has 0 radical (unpaired) electrons. The first kappa shape index (κ1) is 13.3. The molecule has 0 heterocycles. The highest BCUT2D eigenvalue weighted by Gasteiger charge is 2.13. The van der Waals surface area contributed by atoms with Crippen molar-refractivity contribution in [3.8, 4) is 5.75 Å². The van der Waals surface area contributed by atoms with Crippen LogP contribution in [0.1, 0.15) is 5.56 Å². The fourth-order valence-corrected chi connectivity index (χ4v) is 2.12. The minimum Gasteiger partial charge on any atom is -0.494 e. The second-order valence-electron chi connectivity index (χ2n) is 3.46. The number of thioether (sulfide) groups is 1. The van der Waals surface area contributed by atoms with Crippen LogP contribution in [0.5, 0.6) is 5.75 Å². The fraction of sp³-hybridized carbons (Fsp3) is 0.455. The number of halogens is 1. The lowest BCUT2D eigenvalue weighted by Gasteiger charge is -2.15. The summed E-state index contributed by atoms with van der Waals surface area (Å²) in [7, 11) is 1.46. The second kappa shape index (κ2) is 6.73. The van der Waals surface area contributed by atoms with Crippen LogP contribution in [-0.4, -0.2) is 25.2 Å². The number of nitrogens with one attached hydrogen (secondary N) is 1. The van der Waals surface area contributed by atoms with E-state index < -0.39 is 0 Å². The van der Waals surface area contributed by atoms with Gasteiger partial charge in [-0.2, -0.15) is 11.8 Å². The zero-order chi connectivity index (χ0) is 12.0. The summed E-state index contributed by atoms with van der Waals surface area (Å²) < 4.78 is 18.7. The molecule has 0 aromatic heterocycles. The van der Waals surface area contributed by atoms with Crippen molar-refractivity contribution in [3.05, 3.63) is 29.6 Å². The molecule has 1 unspecified atom stereocenters. The molecule has 0 amide bonds. The molecule has 16 heavy (non-hydrogen) atoms. The third kappa shape index (κ3) is 3.37. The van der Waals surface area contributed by atoms with Crippen LogP contribution in [0.3, 0.4) is 0 Å². The summed E-state index contributed by atoms with van der Waals surface area (Å²) in [5.41, 5.74) is 3.31. The molecule has 0 aliphatic rings.